The minimum Gasteiger partial charge on any atom is -0.384 e. The van der Waals surface area contributed by atoms with Gasteiger partial charge in [0, 0.05) is 11.6 Å². The Morgan fingerprint density at radius 1 is 1.38 bits per heavy atom. The number of hydrogen-bond acceptors (Lipinski definition) is 3. The second-order valence-corrected chi connectivity index (χ2v) is 3.73. The van der Waals surface area contributed by atoms with Crippen LogP contribution < -0.4 is 5.73 Å². The minimum absolute atomic E-state index is 0.0318. The Hall–Kier alpha value is -2.10. The lowest BCUT2D eigenvalue weighted by Crippen LogP contribution is -2.03. The largest absolute Gasteiger partial charge is 0.384 e. The standard InChI is InChI=1S/C12H13N3O/c1-8-6-12(13)15(14-8)11-5-3-4-10(7-11)9(2)16/h3-7H,13H2,1-2H3. The number of aromatic nitrogens is 2. The fourth-order valence-electron chi connectivity index (χ4n) is 1.58. The highest BCUT2D eigenvalue weighted by molar-refractivity contribution is 5.94. The number of benzene rings is 1. The Morgan fingerprint density at radius 2 is 2.12 bits per heavy atom. The van der Waals surface area contributed by atoms with Crippen LogP contribution in [-0.4, -0.2) is 15.6 Å². The van der Waals surface area contributed by atoms with Crippen LogP contribution in [-0.2, 0) is 0 Å². The summed E-state index contributed by atoms with van der Waals surface area (Å²) in [7, 11) is 0. The molecular formula is C12H13N3O. The first-order valence-electron chi connectivity index (χ1n) is 5.01. The van der Waals surface area contributed by atoms with Crippen molar-refractivity contribution < 1.29 is 4.79 Å². The molecule has 0 radical (unpaired) electrons. The molecule has 16 heavy (non-hydrogen) atoms. The zero-order valence-corrected chi connectivity index (χ0v) is 9.27. The van der Waals surface area contributed by atoms with Crippen molar-refractivity contribution in [2.24, 2.45) is 0 Å². The maximum Gasteiger partial charge on any atom is 0.159 e. The number of carbonyl (C=O) groups excluding carboxylic acids is 1. The third-order valence-corrected chi connectivity index (χ3v) is 2.36. The van der Waals surface area contributed by atoms with Gasteiger partial charge in [-0.05, 0) is 26.0 Å². The smallest absolute Gasteiger partial charge is 0.159 e. The van der Waals surface area contributed by atoms with Crippen LogP contribution in [0, 0.1) is 6.92 Å². The van der Waals surface area contributed by atoms with E-state index in [9.17, 15) is 4.79 Å². The zero-order chi connectivity index (χ0) is 11.7. The molecular weight excluding hydrogens is 202 g/mol. The highest BCUT2D eigenvalue weighted by atomic mass is 16.1. The molecule has 0 spiro atoms. The number of nitrogens with zero attached hydrogens (tertiary/aromatic N) is 2. The predicted molar refractivity (Wildman–Crippen MR) is 62.7 cm³/mol. The Kier molecular flexibility index (Phi) is 2.48. The van der Waals surface area contributed by atoms with E-state index in [1.165, 1.54) is 6.92 Å². The van der Waals surface area contributed by atoms with Crippen molar-refractivity contribution in [3.05, 3.63) is 41.6 Å². The van der Waals surface area contributed by atoms with E-state index >= 15 is 0 Å². The molecule has 0 aliphatic heterocycles. The van der Waals surface area contributed by atoms with Crippen LogP contribution in [0.15, 0.2) is 30.3 Å². The molecule has 4 heteroatoms. The summed E-state index contributed by atoms with van der Waals surface area (Å²) in [6.07, 6.45) is 0. The Labute approximate surface area is 93.7 Å². The van der Waals surface area contributed by atoms with Crippen molar-refractivity contribution in [3.8, 4) is 5.69 Å². The normalized spacial score (nSPS) is 10.4. The van der Waals surface area contributed by atoms with Gasteiger partial charge in [0.05, 0.1) is 11.4 Å². The number of Topliss-reactive ketones (excluding diaryl/α,β-unsaturated/α-hetero) is 1. The topological polar surface area (TPSA) is 60.9 Å². The van der Waals surface area contributed by atoms with Gasteiger partial charge in [0.25, 0.3) is 0 Å². The Bertz CT molecular complexity index is 543. The molecule has 0 aliphatic carbocycles. The summed E-state index contributed by atoms with van der Waals surface area (Å²) < 4.78 is 1.63. The molecule has 4 nitrogen and oxygen atoms in total. The van der Waals surface area contributed by atoms with Gasteiger partial charge >= 0.3 is 0 Å². The summed E-state index contributed by atoms with van der Waals surface area (Å²) in [6.45, 7) is 3.42. The number of nitrogen functional groups attached to an aromatic ring is 1. The first kappa shape index (κ1) is 10.4. The lowest BCUT2D eigenvalue weighted by atomic mass is 10.1. The molecule has 1 aromatic carbocycles. The molecule has 82 valence electrons. The van der Waals surface area contributed by atoms with Crippen molar-refractivity contribution in [2.45, 2.75) is 13.8 Å². The van der Waals surface area contributed by atoms with Crippen LogP contribution in [0.2, 0.25) is 0 Å². The monoisotopic (exact) mass is 215 g/mol. The lowest BCUT2D eigenvalue weighted by molar-refractivity contribution is 0.101. The van der Waals surface area contributed by atoms with Gasteiger partial charge in [-0.15, -0.1) is 0 Å². The number of aryl methyl sites for hydroxylation is 1. The number of rotatable bonds is 2. The van der Waals surface area contributed by atoms with Crippen LogP contribution in [0.4, 0.5) is 5.82 Å². The number of ketones is 1. The second kappa shape index (κ2) is 3.81. The maximum atomic E-state index is 11.3. The Morgan fingerprint density at radius 3 is 2.69 bits per heavy atom. The maximum absolute atomic E-state index is 11.3. The van der Waals surface area contributed by atoms with E-state index in [2.05, 4.69) is 5.10 Å². The molecule has 0 bridgehead atoms. The van der Waals surface area contributed by atoms with Crippen molar-refractivity contribution in [3.63, 3.8) is 0 Å². The van der Waals surface area contributed by atoms with Gasteiger partial charge in [0.2, 0.25) is 0 Å². The van der Waals surface area contributed by atoms with Gasteiger partial charge in [-0.1, -0.05) is 12.1 Å². The van der Waals surface area contributed by atoms with Crippen molar-refractivity contribution in [1.29, 1.82) is 0 Å². The van der Waals surface area contributed by atoms with E-state index in [0.717, 1.165) is 11.4 Å². The quantitative estimate of drug-likeness (QED) is 0.779. The van der Waals surface area contributed by atoms with E-state index in [4.69, 9.17) is 5.73 Å². The van der Waals surface area contributed by atoms with Crippen LogP contribution >= 0.6 is 0 Å². The molecule has 0 fully saturated rings. The van der Waals surface area contributed by atoms with Crippen LogP contribution in [0.5, 0.6) is 0 Å². The van der Waals surface area contributed by atoms with E-state index in [1.807, 2.05) is 19.1 Å². The third kappa shape index (κ3) is 1.82. The number of anilines is 1. The summed E-state index contributed by atoms with van der Waals surface area (Å²) in [4.78, 5) is 11.3. The van der Waals surface area contributed by atoms with Gasteiger partial charge in [0.15, 0.2) is 5.78 Å². The molecule has 0 unspecified atom stereocenters. The average molecular weight is 215 g/mol. The number of carbonyl (C=O) groups is 1. The zero-order valence-electron chi connectivity index (χ0n) is 9.27. The molecule has 0 saturated heterocycles. The fraction of sp³-hybridized carbons (Fsp3) is 0.167. The van der Waals surface area contributed by atoms with Gasteiger partial charge in [0.1, 0.15) is 5.82 Å². The highest BCUT2D eigenvalue weighted by Crippen LogP contribution is 2.15. The second-order valence-electron chi connectivity index (χ2n) is 3.73. The van der Waals surface area contributed by atoms with E-state index in [1.54, 1.807) is 22.9 Å². The van der Waals surface area contributed by atoms with Crippen molar-refractivity contribution in [2.75, 3.05) is 5.73 Å². The summed E-state index contributed by atoms with van der Waals surface area (Å²) in [6, 6.07) is 9.04. The fourth-order valence-corrected chi connectivity index (χ4v) is 1.58. The van der Waals surface area contributed by atoms with E-state index < -0.39 is 0 Å². The SMILES string of the molecule is CC(=O)c1cccc(-n2nc(C)cc2N)c1. The average Bonchev–Trinajstić information content (AvgIpc) is 2.58. The van der Waals surface area contributed by atoms with Gasteiger partial charge in [-0.3, -0.25) is 4.79 Å². The van der Waals surface area contributed by atoms with E-state index in [-0.39, 0.29) is 5.78 Å². The van der Waals surface area contributed by atoms with Crippen LogP contribution in [0.25, 0.3) is 5.69 Å². The first-order chi connectivity index (χ1) is 7.58. The summed E-state index contributed by atoms with van der Waals surface area (Å²) in [5.74, 6) is 0.600. The first-order valence-corrected chi connectivity index (χ1v) is 5.01. The van der Waals surface area contributed by atoms with Crippen molar-refractivity contribution >= 4 is 11.6 Å². The van der Waals surface area contributed by atoms with Gasteiger partial charge in [-0.2, -0.15) is 5.10 Å². The molecule has 0 amide bonds. The van der Waals surface area contributed by atoms with Crippen LogP contribution in [0.3, 0.4) is 0 Å². The molecule has 0 aliphatic rings. The number of nitrogens with two attached hydrogens (primary N) is 1. The predicted octanol–water partition coefficient (Wildman–Crippen LogP) is 1.97. The summed E-state index contributed by atoms with van der Waals surface area (Å²) >= 11 is 0. The highest BCUT2D eigenvalue weighted by Gasteiger charge is 2.06. The van der Waals surface area contributed by atoms with Gasteiger partial charge < -0.3 is 5.73 Å². The molecule has 1 aromatic heterocycles. The number of hydrogen-bond donors (Lipinski definition) is 1. The summed E-state index contributed by atoms with van der Waals surface area (Å²) in [5.41, 5.74) is 8.13. The third-order valence-electron chi connectivity index (χ3n) is 2.36. The van der Waals surface area contributed by atoms with Crippen LogP contribution in [0.1, 0.15) is 23.0 Å². The molecule has 1 heterocycles. The molecule has 2 aromatic rings. The Balaban J connectivity index is 2.52. The molecule has 2 rings (SSSR count). The molecule has 2 N–H and O–H groups in total. The van der Waals surface area contributed by atoms with Crippen molar-refractivity contribution in [1.82, 2.24) is 9.78 Å². The lowest BCUT2D eigenvalue weighted by Gasteiger charge is -2.05. The van der Waals surface area contributed by atoms with E-state index in [0.29, 0.717) is 11.4 Å². The molecule has 0 atom stereocenters. The summed E-state index contributed by atoms with van der Waals surface area (Å²) in [5, 5.41) is 4.26. The molecule has 0 saturated carbocycles. The van der Waals surface area contributed by atoms with Gasteiger partial charge in [-0.25, -0.2) is 4.68 Å². The minimum atomic E-state index is 0.0318.